The number of hydrogen-bond donors (Lipinski definition) is 6. The second-order valence-electron chi connectivity index (χ2n) is 12.3. The summed E-state index contributed by atoms with van der Waals surface area (Å²) in [6.45, 7) is 0.852. The van der Waals surface area contributed by atoms with E-state index >= 15 is 0 Å². The van der Waals surface area contributed by atoms with Crippen LogP contribution in [-0.2, 0) is 33.3 Å². The van der Waals surface area contributed by atoms with Crippen LogP contribution in [0.3, 0.4) is 0 Å². The van der Waals surface area contributed by atoms with Crippen LogP contribution in [0.4, 0.5) is 0 Å². The van der Waals surface area contributed by atoms with E-state index in [1.807, 2.05) is 0 Å². The lowest BCUT2D eigenvalue weighted by Crippen LogP contribution is -2.64. The molecule has 2 fully saturated rings. The number of carbonyl (C=O) groups excluding carboxylic acids is 2. The van der Waals surface area contributed by atoms with Crippen molar-refractivity contribution in [3.05, 3.63) is 0 Å². The Balaban J connectivity index is 1.83. The summed E-state index contributed by atoms with van der Waals surface area (Å²) in [5, 5.41) is 60.9. The fraction of sp³-hybridized carbons (Fsp3) is 0.938. The number of aliphatic hydroxyl groups is 6. The minimum atomic E-state index is -2.32. The summed E-state index contributed by atoms with van der Waals surface area (Å²) in [7, 11) is 0. The second-order valence-corrected chi connectivity index (χ2v) is 12.3. The Morgan fingerprint density at radius 3 is 1.64 bits per heavy atom. The van der Waals surface area contributed by atoms with Gasteiger partial charge in [-0.25, -0.2) is 0 Å². The normalized spacial score (nSPS) is 31.6. The number of esters is 2. The van der Waals surface area contributed by atoms with Gasteiger partial charge in [-0.3, -0.25) is 9.59 Å². The first kappa shape index (κ1) is 39.8. The molecule has 0 aromatic rings. The van der Waals surface area contributed by atoms with Crippen molar-refractivity contribution >= 4 is 11.9 Å². The van der Waals surface area contributed by atoms with Crippen molar-refractivity contribution in [2.75, 3.05) is 19.8 Å². The Labute approximate surface area is 267 Å². The number of ether oxygens (including phenoxy) is 5. The van der Waals surface area contributed by atoms with Gasteiger partial charge in [-0.1, -0.05) is 96.8 Å². The maximum Gasteiger partial charge on any atom is 0.306 e. The molecule has 0 bridgehead atoms. The molecule has 2 aliphatic heterocycles. The molecule has 0 spiro atoms. The van der Waals surface area contributed by atoms with Crippen LogP contribution in [0.5, 0.6) is 0 Å². The van der Waals surface area contributed by atoms with Gasteiger partial charge in [0.2, 0.25) is 12.1 Å². The van der Waals surface area contributed by atoms with Crippen molar-refractivity contribution in [3.8, 4) is 0 Å². The minimum Gasteiger partial charge on any atom is -0.455 e. The highest BCUT2D eigenvalue weighted by Crippen LogP contribution is 2.37. The predicted molar refractivity (Wildman–Crippen MR) is 162 cm³/mol. The standard InChI is InChI=1S/C32H58O13/c1-3-4-5-6-7-8-9-10-11-12-13-14-15-16-17-18-25(37)43-28-26(38)23(19-33)42-31(29(28)41-22(2)36)45-32(21-35)30(40)27(39)24(20-34)44-32/h23-24,26-31,33-35,38-40H,3-21H2,1-2H3/t23-,24-,26-,27-,28+,29-,30+,31-,32-/m1/s1. The summed E-state index contributed by atoms with van der Waals surface area (Å²) < 4.78 is 27.5. The quantitative estimate of drug-likeness (QED) is 0.0693. The first-order valence-corrected chi connectivity index (χ1v) is 16.9. The first-order valence-electron chi connectivity index (χ1n) is 16.9. The lowest BCUT2D eigenvalue weighted by molar-refractivity contribution is -0.384. The zero-order valence-corrected chi connectivity index (χ0v) is 27.1. The average molecular weight is 651 g/mol. The molecule has 6 N–H and O–H groups in total. The van der Waals surface area contributed by atoms with Gasteiger partial charge in [-0.2, -0.15) is 0 Å². The van der Waals surface area contributed by atoms with Crippen LogP contribution in [0.1, 0.15) is 117 Å². The SMILES string of the molecule is CCCCCCCCCCCCCCCCCC(=O)O[C@H]1[C@H](O)[C@@H](CO)O[C@H](O[C@@]2(CO)O[C@H](CO)[C@@H](O)[C@@H]2O)[C@@H]1OC(C)=O. The van der Waals surface area contributed by atoms with Crippen molar-refractivity contribution in [1.82, 2.24) is 0 Å². The molecule has 9 atom stereocenters. The average Bonchev–Trinajstić information content (AvgIpc) is 3.26. The van der Waals surface area contributed by atoms with E-state index in [2.05, 4.69) is 6.92 Å². The fourth-order valence-corrected chi connectivity index (χ4v) is 5.91. The summed E-state index contributed by atoms with van der Waals surface area (Å²) >= 11 is 0. The van der Waals surface area contributed by atoms with Gasteiger partial charge in [0.25, 0.3) is 0 Å². The van der Waals surface area contributed by atoms with Crippen molar-refractivity contribution in [3.63, 3.8) is 0 Å². The Hall–Kier alpha value is -1.42. The van der Waals surface area contributed by atoms with Gasteiger partial charge in [0, 0.05) is 13.3 Å². The molecular weight excluding hydrogens is 592 g/mol. The van der Waals surface area contributed by atoms with E-state index in [0.717, 1.165) is 32.6 Å². The van der Waals surface area contributed by atoms with E-state index in [1.54, 1.807) is 0 Å². The molecule has 2 rings (SSSR count). The van der Waals surface area contributed by atoms with E-state index < -0.39 is 86.6 Å². The molecule has 13 heteroatoms. The number of aliphatic hydroxyl groups excluding tert-OH is 6. The van der Waals surface area contributed by atoms with Gasteiger partial charge in [0.05, 0.1) is 13.2 Å². The maximum atomic E-state index is 12.8. The molecule has 2 aliphatic rings. The van der Waals surface area contributed by atoms with Crippen molar-refractivity contribution in [2.45, 2.75) is 171 Å². The topological polar surface area (TPSA) is 202 Å². The Morgan fingerprint density at radius 2 is 1.20 bits per heavy atom. The van der Waals surface area contributed by atoms with E-state index in [9.17, 15) is 40.2 Å². The van der Waals surface area contributed by atoms with E-state index in [1.165, 1.54) is 64.2 Å². The number of unbranched alkanes of at least 4 members (excludes halogenated alkanes) is 14. The molecule has 0 aromatic carbocycles. The minimum absolute atomic E-state index is 0.0528. The summed E-state index contributed by atoms with van der Waals surface area (Å²) in [6, 6.07) is 0. The molecule has 264 valence electrons. The van der Waals surface area contributed by atoms with Crippen molar-refractivity contribution in [2.24, 2.45) is 0 Å². The molecule has 13 nitrogen and oxygen atoms in total. The molecule has 0 radical (unpaired) electrons. The smallest absolute Gasteiger partial charge is 0.306 e. The van der Waals surface area contributed by atoms with Crippen LogP contribution in [0.2, 0.25) is 0 Å². The third kappa shape index (κ3) is 12.6. The molecule has 2 saturated heterocycles. The monoisotopic (exact) mass is 650 g/mol. The molecular formula is C32H58O13. The molecule has 0 unspecified atom stereocenters. The van der Waals surface area contributed by atoms with E-state index in [0.29, 0.717) is 6.42 Å². The third-order valence-corrected chi connectivity index (χ3v) is 8.57. The van der Waals surface area contributed by atoms with Gasteiger partial charge in [0.1, 0.15) is 37.1 Å². The molecule has 45 heavy (non-hydrogen) atoms. The van der Waals surface area contributed by atoms with Crippen LogP contribution in [0.25, 0.3) is 0 Å². The van der Waals surface area contributed by atoms with Crippen LogP contribution in [-0.4, -0.2) is 117 Å². The van der Waals surface area contributed by atoms with Crippen LogP contribution in [0, 0.1) is 0 Å². The Bertz CT molecular complexity index is 829. The fourth-order valence-electron chi connectivity index (χ4n) is 5.91. The molecule has 0 saturated carbocycles. The largest absolute Gasteiger partial charge is 0.455 e. The molecule has 0 amide bonds. The van der Waals surface area contributed by atoms with Crippen LogP contribution >= 0.6 is 0 Å². The lowest BCUT2D eigenvalue weighted by Gasteiger charge is -2.45. The molecule has 0 aliphatic carbocycles. The summed E-state index contributed by atoms with van der Waals surface area (Å²) in [5.74, 6) is -3.82. The zero-order valence-electron chi connectivity index (χ0n) is 27.1. The maximum absolute atomic E-state index is 12.8. The van der Waals surface area contributed by atoms with Crippen LogP contribution in [0.15, 0.2) is 0 Å². The summed E-state index contributed by atoms with van der Waals surface area (Å²) in [5.41, 5.74) is 0. The lowest BCUT2D eigenvalue weighted by atomic mass is 9.98. The Morgan fingerprint density at radius 1 is 0.689 bits per heavy atom. The van der Waals surface area contributed by atoms with Crippen molar-refractivity contribution in [1.29, 1.82) is 0 Å². The number of carbonyl (C=O) groups is 2. The molecule has 0 aromatic heterocycles. The third-order valence-electron chi connectivity index (χ3n) is 8.57. The summed E-state index contributed by atoms with van der Waals surface area (Å²) in [4.78, 5) is 24.7. The first-order chi connectivity index (χ1) is 21.6. The van der Waals surface area contributed by atoms with E-state index in [-0.39, 0.29) is 6.42 Å². The van der Waals surface area contributed by atoms with E-state index in [4.69, 9.17) is 23.7 Å². The highest BCUT2D eigenvalue weighted by Gasteiger charge is 2.59. The van der Waals surface area contributed by atoms with Gasteiger partial charge in [-0.15, -0.1) is 0 Å². The van der Waals surface area contributed by atoms with Gasteiger partial charge < -0.3 is 54.3 Å². The van der Waals surface area contributed by atoms with Gasteiger partial charge in [-0.05, 0) is 6.42 Å². The zero-order chi connectivity index (χ0) is 33.2. The van der Waals surface area contributed by atoms with Crippen LogP contribution < -0.4 is 0 Å². The molecule has 2 heterocycles. The van der Waals surface area contributed by atoms with Gasteiger partial charge in [0.15, 0.2) is 12.2 Å². The van der Waals surface area contributed by atoms with Crippen molar-refractivity contribution < 1.29 is 63.9 Å². The van der Waals surface area contributed by atoms with Gasteiger partial charge >= 0.3 is 11.9 Å². The predicted octanol–water partition coefficient (Wildman–Crippen LogP) is 1.99. The Kier molecular flexibility index (Phi) is 19.0. The second kappa shape index (κ2) is 21.5. The highest BCUT2D eigenvalue weighted by atomic mass is 16.8. The number of rotatable bonds is 23. The highest BCUT2D eigenvalue weighted by molar-refractivity contribution is 5.70. The number of hydrogen-bond acceptors (Lipinski definition) is 13. The summed E-state index contributed by atoms with van der Waals surface area (Å²) in [6.07, 6.45) is 5.12.